The third-order valence-corrected chi connectivity index (χ3v) is 4.05. The molecule has 1 fully saturated rings. The van der Waals surface area contributed by atoms with Gasteiger partial charge in [0.2, 0.25) is 0 Å². The molecule has 78 valence electrons. The van der Waals surface area contributed by atoms with Crippen molar-refractivity contribution in [3.05, 3.63) is 0 Å². The lowest BCUT2D eigenvalue weighted by Gasteiger charge is -2.30. The zero-order chi connectivity index (χ0) is 9.90. The molecule has 0 aromatic rings. The first-order chi connectivity index (χ1) is 6.11. The molecular weight excluding hydrogens is 255 g/mol. The number of alkyl halides is 2. The predicted molar refractivity (Wildman–Crippen MR) is 57.8 cm³/mol. The Morgan fingerprint density at radius 1 is 1.62 bits per heavy atom. The number of hydrogen-bond donors (Lipinski definition) is 0. The molecule has 3 atom stereocenters. The predicted octanol–water partition coefficient (Wildman–Crippen LogP) is 2.43. The zero-order valence-corrected chi connectivity index (χ0v) is 10.4. The van der Waals surface area contributed by atoms with Crippen LogP contribution in [-0.2, 0) is 9.47 Å². The van der Waals surface area contributed by atoms with Crippen molar-refractivity contribution in [2.45, 2.75) is 25.6 Å². The summed E-state index contributed by atoms with van der Waals surface area (Å²) in [7, 11) is 0. The van der Waals surface area contributed by atoms with Crippen LogP contribution >= 0.6 is 27.5 Å². The zero-order valence-electron chi connectivity index (χ0n) is 8.06. The Morgan fingerprint density at radius 3 is 2.69 bits per heavy atom. The van der Waals surface area contributed by atoms with Gasteiger partial charge in [-0.15, -0.1) is 11.6 Å². The first-order valence-corrected chi connectivity index (χ1v) is 6.14. The summed E-state index contributed by atoms with van der Waals surface area (Å²) in [6.45, 7) is 5.65. The molecule has 1 rings (SSSR count). The van der Waals surface area contributed by atoms with Crippen LogP contribution < -0.4 is 0 Å². The van der Waals surface area contributed by atoms with Gasteiger partial charge in [-0.1, -0.05) is 22.9 Å². The molecule has 4 heteroatoms. The van der Waals surface area contributed by atoms with Crippen molar-refractivity contribution in [1.29, 1.82) is 0 Å². The van der Waals surface area contributed by atoms with Crippen LogP contribution in [0.5, 0.6) is 0 Å². The van der Waals surface area contributed by atoms with Crippen molar-refractivity contribution in [3.63, 3.8) is 0 Å². The van der Waals surface area contributed by atoms with E-state index < -0.39 is 0 Å². The molecular formula is C9H16BrClO2. The number of hydrogen-bond acceptors (Lipinski definition) is 2. The van der Waals surface area contributed by atoms with Crippen molar-refractivity contribution in [3.8, 4) is 0 Å². The van der Waals surface area contributed by atoms with Gasteiger partial charge in [0.25, 0.3) is 0 Å². The number of halogens is 2. The van der Waals surface area contributed by atoms with Gasteiger partial charge >= 0.3 is 0 Å². The van der Waals surface area contributed by atoms with Crippen LogP contribution in [0.4, 0.5) is 0 Å². The fraction of sp³-hybridized carbons (Fsp3) is 1.00. The van der Waals surface area contributed by atoms with Gasteiger partial charge in [0.1, 0.15) is 0 Å². The number of ether oxygens (including phenoxy) is 2. The van der Waals surface area contributed by atoms with Gasteiger partial charge in [0.05, 0.1) is 30.8 Å². The maximum atomic E-state index is 5.91. The van der Waals surface area contributed by atoms with Crippen molar-refractivity contribution in [1.82, 2.24) is 0 Å². The van der Waals surface area contributed by atoms with E-state index in [4.69, 9.17) is 21.1 Å². The highest BCUT2D eigenvalue weighted by Gasteiger charge is 2.33. The topological polar surface area (TPSA) is 18.5 Å². The Hall–Kier alpha value is 0.690. The summed E-state index contributed by atoms with van der Waals surface area (Å²) >= 11 is 9.25. The molecule has 0 amide bonds. The molecule has 1 aliphatic rings. The Morgan fingerprint density at radius 2 is 2.31 bits per heavy atom. The maximum absolute atomic E-state index is 5.91. The van der Waals surface area contributed by atoms with E-state index in [9.17, 15) is 0 Å². The number of rotatable bonds is 4. The summed E-state index contributed by atoms with van der Waals surface area (Å²) in [5.74, 6) is 0.975. The summed E-state index contributed by atoms with van der Waals surface area (Å²) in [6.07, 6.45) is 0.196. The molecule has 0 N–H and O–H groups in total. The van der Waals surface area contributed by atoms with Crippen LogP contribution in [0.25, 0.3) is 0 Å². The fourth-order valence-corrected chi connectivity index (χ4v) is 1.97. The average Bonchev–Trinajstić information content (AvgIpc) is 2.52. The van der Waals surface area contributed by atoms with E-state index in [1.807, 2.05) is 6.92 Å². The van der Waals surface area contributed by atoms with E-state index in [-0.39, 0.29) is 11.7 Å². The molecule has 0 aromatic heterocycles. The van der Waals surface area contributed by atoms with Gasteiger partial charge < -0.3 is 9.47 Å². The Bertz CT molecular complexity index is 162. The van der Waals surface area contributed by atoms with Crippen LogP contribution in [0.2, 0.25) is 0 Å². The molecule has 0 aliphatic carbocycles. The van der Waals surface area contributed by atoms with E-state index in [0.29, 0.717) is 18.4 Å². The largest absolute Gasteiger partial charge is 0.378 e. The van der Waals surface area contributed by atoms with E-state index in [0.717, 1.165) is 11.9 Å². The first-order valence-electron chi connectivity index (χ1n) is 4.49. The van der Waals surface area contributed by atoms with Crippen molar-refractivity contribution >= 4 is 27.5 Å². The molecule has 0 radical (unpaired) electrons. The quantitative estimate of drug-likeness (QED) is 0.731. The van der Waals surface area contributed by atoms with Crippen LogP contribution in [-0.4, -0.2) is 36.1 Å². The van der Waals surface area contributed by atoms with Gasteiger partial charge in [0, 0.05) is 11.2 Å². The Labute approximate surface area is 93.1 Å². The molecule has 0 aromatic carbocycles. The lowest BCUT2D eigenvalue weighted by atomic mass is 10.1. The first kappa shape index (κ1) is 11.8. The minimum absolute atomic E-state index is 0.196. The molecule has 2 nitrogen and oxygen atoms in total. The summed E-state index contributed by atoms with van der Waals surface area (Å²) in [5.41, 5.74) is -0.270. The summed E-state index contributed by atoms with van der Waals surface area (Å²) in [6, 6.07) is 0. The molecule has 0 bridgehead atoms. The van der Waals surface area contributed by atoms with Gasteiger partial charge in [0.15, 0.2) is 0 Å². The van der Waals surface area contributed by atoms with Gasteiger partial charge in [-0.2, -0.15) is 0 Å². The minimum atomic E-state index is -0.270. The van der Waals surface area contributed by atoms with Crippen LogP contribution in [0.1, 0.15) is 13.8 Å². The maximum Gasteiger partial charge on any atom is 0.0890 e. The molecule has 1 heterocycles. The van der Waals surface area contributed by atoms with E-state index in [2.05, 4.69) is 22.9 Å². The second kappa shape index (κ2) is 4.96. The standard InChI is InChI=1S/C9H16BrClO2/c1-7-3-12-4-8(7)13-9(2,5-10)6-11/h7-8H,3-6H2,1-2H3. The third kappa shape index (κ3) is 3.08. The van der Waals surface area contributed by atoms with Gasteiger partial charge in [-0.05, 0) is 6.92 Å². The van der Waals surface area contributed by atoms with Crippen LogP contribution in [0.3, 0.4) is 0 Å². The summed E-state index contributed by atoms with van der Waals surface area (Å²) < 4.78 is 11.2. The summed E-state index contributed by atoms with van der Waals surface area (Å²) in [5, 5.41) is 0.757. The minimum Gasteiger partial charge on any atom is -0.378 e. The van der Waals surface area contributed by atoms with Crippen molar-refractivity contribution < 1.29 is 9.47 Å². The SMILES string of the molecule is CC1COCC1OC(C)(CCl)CBr. The van der Waals surface area contributed by atoms with Crippen molar-refractivity contribution in [2.24, 2.45) is 5.92 Å². The second-order valence-electron chi connectivity index (χ2n) is 3.89. The molecule has 0 saturated carbocycles. The van der Waals surface area contributed by atoms with E-state index in [1.54, 1.807) is 0 Å². The average molecular weight is 272 g/mol. The van der Waals surface area contributed by atoms with E-state index in [1.165, 1.54) is 0 Å². The Balaban J connectivity index is 2.45. The third-order valence-electron chi connectivity index (χ3n) is 2.30. The highest BCUT2D eigenvalue weighted by Crippen LogP contribution is 2.24. The van der Waals surface area contributed by atoms with Crippen molar-refractivity contribution in [2.75, 3.05) is 24.4 Å². The van der Waals surface area contributed by atoms with Gasteiger partial charge in [-0.3, -0.25) is 0 Å². The molecule has 1 aliphatic heterocycles. The highest BCUT2D eigenvalue weighted by molar-refractivity contribution is 9.09. The highest BCUT2D eigenvalue weighted by atomic mass is 79.9. The van der Waals surface area contributed by atoms with Crippen LogP contribution in [0.15, 0.2) is 0 Å². The monoisotopic (exact) mass is 270 g/mol. The van der Waals surface area contributed by atoms with E-state index >= 15 is 0 Å². The lowest BCUT2D eigenvalue weighted by Crippen LogP contribution is -2.39. The fourth-order valence-electron chi connectivity index (χ4n) is 1.26. The summed E-state index contributed by atoms with van der Waals surface area (Å²) in [4.78, 5) is 0. The Kier molecular flexibility index (Phi) is 4.49. The molecule has 13 heavy (non-hydrogen) atoms. The molecule has 3 unspecified atom stereocenters. The normalized spacial score (nSPS) is 33.2. The lowest BCUT2D eigenvalue weighted by molar-refractivity contribution is -0.0666. The molecule has 1 saturated heterocycles. The van der Waals surface area contributed by atoms with Gasteiger partial charge in [-0.25, -0.2) is 0 Å². The second-order valence-corrected chi connectivity index (χ2v) is 4.72. The smallest absolute Gasteiger partial charge is 0.0890 e. The molecule has 0 spiro atoms. The van der Waals surface area contributed by atoms with Crippen LogP contribution in [0, 0.1) is 5.92 Å².